The highest BCUT2D eigenvalue weighted by Crippen LogP contribution is 2.24. The summed E-state index contributed by atoms with van der Waals surface area (Å²) in [5.74, 6) is 1.68. The molecule has 5 nitrogen and oxygen atoms in total. The quantitative estimate of drug-likeness (QED) is 0.800. The number of aromatic nitrogens is 3. The first-order chi connectivity index (χ1) is 9.74. The van der Waals surface area contributed by atoms with Crippen molar-refractivity contribution in [2.24, 2.45) is 0 Å². The Morgan fingerprint density at radius 2 is 1.90 bits per heavy atom. The van der Waals surface area contributed by atoms with Gasteiger partial charge in [0.2, 0.25) is 0 Å². The first-order valence-electron chi connectivity index (χ1n) is 6.86. The lowest BCUT2D eigenvalue weighted by Gasteiger charge is -2.28. The van der Waals surface area contributed by atoms with Crippen LogP contribution in [-0.2, 0) is 4.74 Å². The summed E-state index contributed by atoms with van der Waals surface area (Å²) in [4.78, 5) is 15.6. The molecule has 3 rings (SSSR count). The van der Waals surface area contributed by atoms with Crippen LogP contribution in [0.1, 0.15) is 19.7 Å². The van der Waals surface area contributed by atoms with E-state index in [9.17, 15) is 0 Å². The van der Waals surface area contributed by atoms with E-state index in [0.717, 1.165) is 53.5 Å². The maximum Gasteiger partial charge on any atom is 0.159 e. The predicted octanol–water partition coefficient (Wildman–Crippen LogP) is 2.96. The average molecular weight is 339 g/mol. The Kier molecular flexibility index (Phi) is 5.25. The molecular weight excluding hydrogens is 320 g/mol. The van der Waals surface area contributed by atoms with Crippen LogP contribution in [0.25, 0.3) is 11.0 Å². The number of fused-ring (bicyclic) bond motifs is 1. The van der Waals surface area contributed by atoms with E-state index >= 15 is 0 Å². The molecule has 1 saturated heterocycles. The van der Waals surface area contributed by atoms with Crippen LogP contribution >= 0.6 is 15.9 Å². The third-order valence-electron chi connectivity index (χ3n) is 2.91. The molecule has 0 aliphatic carbocycles. The molecule has 0 atom stereocenters. The molecule has 108 valence electrons. The number of morpholine rings is 1. The molecule has 1 aliphatic heterocycles. The summed E-state index contributed by atoms with van der Waals surface area (Å²) in [6.45, 7) is 9.08. The number of aryl methyl sites for hydroxylation is 1. The Morgan fingerprint density at radius 3 is 2.60 bits per heavy atom. The number of rotatable bonds is 1. The average Bonchev–Trinajstić information content (AvgIpc) is 2.49. The van der Waals surface area contributed by atoms with Crippen LogP contribution in [0.15, 0.2) is 16.7 Å². The molecule has 1 aliphatic rings. The number of hydrogen-bond acceptors (Lipinski definition) is 5. The van der Waals surface area contributed by atoms with Crippen molar-refractivity contribution >= 4 is 32.8 Å². The minimum atomic E-state index is 0.737. The number of pyridine rings is 1. The summed E-state index contributed by atoms with van der Waals surface area (Å²) in [6.07, 6.45) is 1.78. The molecule has 0 unspecified atom stereocenters. The molecule has 2 aromatic rings. The van der Waals surface area contributed by atoms with Crippen molar-refractivity contribution in [3.8, 4) is 0 Å². The Morgan fingerprint density at radius 1 is 1.20 bits per heavy atom. The molecule has 20 heavy (non-hydrogen) atoms. The van der Waals surface area contributed by atoms with E-state index in [1.165, 1.54) is 0 Å². The topological polar surface area (TPSA) is 51.1 Å². The molecule has 0 amide bonds. The highest BCUT2D eigenvalue weighted by Gasteiger charge is 2.17. The lowest BCUT2D eigenvalue weighted by molar-refractivity contribution is 0.122. The second kappa shape index (κ2) is 6.95. The second-order valence-electron chi connectivity index (χ2n) is 4.22. The van der Waals surface area contributed by atoms with Crippen LogP contribution in [0, 0.1) is 6.92 Å². The Bertz CT molecular complexity index is 579. The van der Waals surface area contributed by atoms with Crippen LogP contribution in [0.2, 0.25) is 0 Å². The molecule has 1 fully saturated rings. The van der Waals surface area contributed by atoms with Gasteiger partial charge < -0.3 is 9.64 Å². The molecular formula is C14H19BrN4O. The van der Waals surface area contributed by atoms with Crippen LogP contribution < -0.4 is 4.90 Å². The van der Waals surface area contributed by atoms with Gasteiger partial charge in [-0.25, -0.2) is 15.0 Å². The van der Waals surface area contributed by atoms with Gasteiger partial charge in [-0.05, 0) is 28.9 Å². The molecule has 3 heterocycles. The van der Waals surface area contributed by atoms with Crippen molar-refractivity contribution in [3.05, 3.63) is 22.6 Å². The number of anilines is 1. The molecule has 0 spiro atoms. The smallest absolute Gasteiger partial charge is 0.159 e. The highest BCUT2D eigenvalue weighted by atomic mass is 79.9. The van der Waals surface area contributed by atoms with E-state index in [4.69, 9.17) is 4.74 Å². The van der Waals surface area contributed by atoms with Crippen molar-refractivity contribution in [3.63, 3.8) is 0 Å². The van der Waals surface area contributed by atoms with Gasteiger partial charge in [0.15, 0.2) is 5.82 Å². The van der Waals surface area contributed by atoms with Gasteiger partial charge in [0.05, 0.1) is 18.7 Å². The van der Waals surface area contributed by atoms with Crippen LogP contribution in [0.5, 0.6) is 0 Å². The first kappa shape index (κ1) is 15.1. The van der Waals surface area contributed by atoms with Gasteiger partial charge in [0, 0.05) is 23.8 Å². The zero-order chi connectivity index (χ0) is 14.5. The van der Waals surface area contributed by atoms with Gasteiger partial charge in [-0.2, -0.15) is 0 Å². The molecule has 0 bridgehead atoms. The fourth-order valence-corrected chi connectivity index (χ4v) is 2.41. The van der Waals surface area contributed by atoms with Gasteiger partial charge in [-0.1, -0.05) is 13.8 Å². The predicted molar refractivity (Wildman–Crippen MR) is 84.2 cm³/mol. The van der Waals surface area contributed by atoms with Crippen molar-refractivity contribution in [2.45, 2.75) is 20.8 Å². The van der Waals surface area contributed by atoms with Gasteiger partial charge in [0.25, 0.3) is 0 Å². The van der Waals surface area contributed by atoms with Crippen molar-refractivity contribution in [1.29, 1.82) is 0 Å². The van der Waals surface area contributed by atoms with Gasteiger partial charge in [-0.15, -0.1) is 0 Å². The maximum atomic E-state index is 5.37. The SMILES string of the molecule is CC.Cc1nc(N2CCOCC2)c2ncc(Br)cc2n1. The maximum absolute atomic E-state index is 5.37. The van der Waals surface area contributed by atoms with Crippen molar-refractivity contribution < 1.29 is 4.74 Å². The third-order valence-corrected chi connectivity index (χ3v) is 3.34. The van der Waals surface area contributed by atoms with E-state index in [0.29, 0.717) is 0 Å². The normalized spacial score (nSPS) is 14.9. The zero-order valence-electron chi connectivity index (χ0n) is 12.1. The lowest BCUT2D eigenvalue weighted by Crippen LogP contribution is -2.37. The Labute approximate surface area is 127 Å². The minimum Gasteiger partial charge on any atom is -0.378 e. The molecule has 6 heteroatoms. The van der Waals surface area contributed by atoms with Gasteiger partial charge in [0.1, 0.15) is 11.3 Å². The zero-order valence-corrected chi connectivity index (χ0v) is 13.6. The van der Waals surface area contributed by atoms with Crippen LogP contribution in [0.4, 0.5) is 5.82 Å². The molecule has 0 radical (unpaired) electrons. The van der Waals surface area contributed by atoms with E-state index in [1.807, 2.05) is 26.8 Å². The fraction of sp³-hybridized carbons (Fsp3) is 0.500. The molecule has 0 N–H and O–H groups in total. The summed E-state index contributed by atoms with van der Waals surface area (Å²) in [6, 6.07) is 1.97. The lowest BCUT2D eigenvalue weighted by atomic mass is 10.3. The monoisotopic (exact) mass is 338 g/mol. The third kappa shape index (κ3) is 3.24. The molecule has 0 saturated carbocycles. The number of ether oxygens (including phenoxy) is 1. The summed E-state index contributed by atoms with van der Waals surface area (Å²) >= 11 is 3.42. The van der Waals surface area contributed by atoms with Gasteiger partial charge in [-0.3, -0.25) is 0 Å². The van der Waals surface area contributed by atoms with Crippen molar-refractivity contribution in [1.82, 2.24) is 15.0 Å². The Balaban J connectivity index is 0.000000704. The molecule has 0 aromatic carbocycles. The number of hydrogen-bond donors (Lipinski definition) is 0. The summed E-state index contributed by atoms with van der Waals surface area (Å²) in [7, 11) is 0. The standard InChI is InChI=1S/C12H13BrN4O.C2H6/c1-8-15-10-6-9(13)7-14-11(10)12(16-8)17-2-4-18-5-3-17;1-2/h6-7H,2-5H2,1H3;1-2H3. The van der Waals surface area contributed by atoms with Crippen molar-refractivity contribution in [2.75, 3.05) is 31.2 Å². The first-order valence-corrected chi connectivity index (χ1v) is 7.66. The minimum absolute atomic E-state index is 0.737. The summed E-state index contributed by atoms with van der Waals surface area (Å²) in [5.41, 5.74) is 1.73. The number of nitrogens with zero attached hydrogens (tertiary/aromatic N) is 4. The van der Waals surface area contributed by atoms with E-state index in [1.54, 1.807) is 6.20 Å². The van der Waals surface area contributed by atoms with E-state index in [2.05, 4.69) is 35.8 Å². The highest BCUT2D eigenvalue weighted by molar-refractivity contribution is 9.10. The second-order valence-corrected chi connectivity index (χ2v) is 5.13. The largest absolute Gasteiger partial charge is 0.378 e. The summed E-state index contributed by atoms with van der Waals surface area (Å²) < 4.78 is 6.30. The summed E-state index contributed by atoms with van der Waals surface area (Å²) in [5, 5.41) is 0. The van der Waals surface area contributed by atoms with Gasteiger partial charge >= 0.3 is 0 Å². The Hall–Kier alpha value is -1.27. The van der Waals surface area contributed by atoms with E-state index < -0.39 is 0 Å². The molecule has 2 aromatic heterocycles. The fourth-order valence-electron chi connectivity index (χ4n) is 2.09. The van der Waals surface area contributed by atoms with Crippen LogP contribution in [-0.4, -0.2) is 41.3 Å². The van der Waals surface area contributed by atoms with E-state index in [-0.39, 0.29) is 0 Å². The van der Waals surface area contributed by atoms with Crippen LogP contribution in [0.3, 0.4) is 0 Å². The number of halogens is 1.